The van der Waals surface area contributed by atoms with Crippen LogP contribution < -0.4 is 5.32 Å². The number of rotatable bonds is 7. The summed E-state index contributed by atoms with van der Waals surface area (Å²) in [6.45, 7) is 3.74. The van der Waals surface area contributed by atoms with E-state index >= 15 is 0 Å². The lowest BCUT2D eigenvalue weighted by molar-refractivity contribution is 0.0951. The van der Waals surface area contributed by atoms with E-state index in [1.165, 1.54) is 6.20 Å². The van der Waals surface area contributed by atoms with Crippen molar-refractivity contribution < 1.29 is 17.6 Å². The quantitative estimate of drug-likeness (QED) is 0.416. The zero-order chi connectivity index (χ0) is 25.0. The molecule has 0 bridgehead atoms. The van der Waals surface area contributed by atoms with Crippen LogP contribution in [0.15, 0.2) is 76.2 Å². The van der Waals surface area contributed by atoms with Crippen LogP contribution >= 0.6 is 0 Å². The standard InChI is InChI=1S/C26H22N4O4S/c1-17-5-11-22(12-6-17)35(32,33)16-24-18(2)34-26(30-24)20-9-7-19(8-10-20)25(31)29-15-21-4-3-13-28-23(21)14-27/h3-13H,15-16H2,1-2H3,(H,29,31). The first-order chi connectivity index (χ1) is 16.8. The molecule has 4 aromatic rings. The summed E-state index contributed by atoms with van der Waals surface area (Å²) in [6.07, 6.45) is 1.52. The number of nitriles is 1. The van der Waals surface area contributed by atoms with Gasteiger partial charge in [0.1, 0.15) is 23.3 Å². The fraction of sp³-hybridized carbons (Fsp3) is 0.154. The number of hydrogen-bond donors (Lipinski definition) is 1. The lowest BCUT2D eigenvalue weighted by Crippen LogP contribution is -2.23. The molecule has 0 unspecified atom stereocenters. The van der Waals surface area contributed by atoms with Gasteiger partial charge in [0.05, 0.1) is 10.6 Å². The van der Waals surface area contributed by atoms with Crippen molar-refractivity contribution in [3.63, 3.8) is 0 Å². The Bertz CT molecular complexity index is 1520. The van der Waals surface area contributed by atoms with E-state index in [9.17, 15) is 13.2 Å². The molecule has 1 N–H and O–H groups in total. The summed E-state index contributed by atoms with van der Waals surface area (Å²) in [4.78, 5) is 21.1. The molecule has 0 spiro atoms. The maximum absolute atomic E-state index is 12.8. The van der Waals surface area contributed by atoms with Crippen molar-refractivity contribution in [2.45, 2.75) is 31.0 Å². The van der Waals surface area contributed by atoms with Crippen molar-refractivity contribution in [3.05, 3.63) is 101 Å². The van der Waals surface area contributed by atoms with Crippen molar-refractivity contribution in [1.29, 1.82) is 5.26 Å². The molecule has 0 aliphatic heterocycles. The molecule has 8 nitrogen and oxygen atoms in total. The topological polar surface area (TPSA) is 126 Å². The summed E-state index contributed by atoms with van der Waals surface area (Å²) < 4.78 is 31.3. The predicted octanol–water partition coefficient (Wildman–Crippen LogP) is 4.13. The number of pyridine rings is 1. The minimum absolute atomic E-state index is 0.176. The van der Waals surface area contributed by atoms with Gasteiger partial charge in [0.15, 0.2) is 9.84 Å². The van der Waals surface area contributed by atoms with Crippen LogP contribution in [0.3, 0.4) is 0 Å². The fourth-order valence-corrected chi connectivity index (χ4v) is 4.76. The molecule has 0 aliphatic carbocycles. The number of hydrogen-bond acceptors (Lipinski definition) is 7. The summed E-state index contributed by atoms with van der Waals surface area (Å²) in [5, 5.41) is 11.9. The van der Waals surface area contributed by atoms with Gasteiger partial charge in [-0.05, 0) is 56.3 Å². The molecule has 0 atom stereocenters. The van der Waals surface area contributed by atoms with Gasteiger partial charge < -0.3 is 9.73 Å². The van der Waals surface area contributed by atoms with Gasteiger partial charge in [-0.15, -0.1) is 0 Å². The van der Waals surface area contributed by atoms with Gasteiger partial charge in [0.2, 0.25) is 5.89 Å². The van der Waals surface area contributed by atoms with Gasteiger partial charge in [-0.1, -0.05) is 23.8 Å². The smallest absolute Gasteiger partial charge is 0.251 e. The number of carbonyl (C=O) groups is 1. The number of oxazole rings is 1. The van der Waals surface area contributed by atoms with Crippen LogP contribution in [0.25, 0.3) is 11.5 Å². The lowest BCUT2D eigenvalue weighted by atomic mass is 10.1. The van der Waals surface area contributed by atoms with Crippen molar-refractivity contribution in [2.75, 3.05) is 0 Å². The van der Waals surface area contributed by atoms with Crippen LogP contribution in [-0.4, -0.2) is 24.3 Å². The van der Waals surface area contributed by atoms with Gasteiger partial charge in [0, 0.05) is 29.4 Å². The van der Waals surface area contributed by atoms with E-state index in [4.69, 9.17) is 9.68 Å². The first-order valence-corrected chi connectivity index (χ1v) is 12.4. The number of amides is 1. The third kappa shape index (κ3) is 5.45. The molecule has 2 aromatic heterocycles. The second-order valence-electron chi connectivity index (χ2n) is 7.98. The summed E-state index contributed by atoms with van der Waals surface area (Å²) in [5.74, 6) is 0.114. The summed E-state index contributed by atoms with van der Waals surface area (Å²) in [6, 6.07) is 18.7. The van der Waals surface area contributed by atoms with Gasteiger partial charge in [-0.25, -0.2) is 18.4 Å². The van der Waals surface area contributed by atoms with Crippen LogP contribution in [0.5, 0.6) is 0 Å². The van der Waals surface area contributed by atoms with Gasteiger partial charge in [-0.2, -0.15) is 5.26 Å². The fourth-order valence-electron chi connectivity index (χ4n) is 3.42. The number of sulfone groups is 1. The predicted molar refractivity (Wildman–Crippen MR) is 129 cm³/mol. The molecule has 2 heterocycles. The van der Waals surface area contributed by atoms with Crippen LogP contribution in [0, 0.1) is 25.2 Å². The Morgan fingerprint density at radius 1 is 1.06 bits per heavy atom. The highest BCUT2D eigenvalue weighted by Gasteiger charge is 2.21. The highest BCUT2D eigenvalue weighted by Crippen LogP contribution is 2.25. The Morgan fingerprint density at radius 2 is 1.77 bits per heavy atom. The number of nitrogens with zero attached hydrogens (tertiary/aromatic N) is 3. The Kier molecular flexibility index (Phi) is 6.75. The number of aryl methyl sites for hydroxylation is 2. The van der Waals surface area contributed by atoms with Crippen LogP contribution in [-0.2, 0) is 22.1 Å². The molecular formula is C26H22N4O4S. The maximum atomic E-state index is 12.8. The molecule has 0 radical (unpaired) electrons. The maximum Gasteiger partial charge on any atom is 0.251 e. The highest BCUT2D eigenvalue weighted by atomic mass is 32.2. The molecule has 2 aromatic carbocycles. The first kappa shape index (κ1) is 23.9. The van der Waals surface area contributed by atoms with E-state index in [0.717, 1.165) is 5.56 Å². The highest BCUT2D eigenvalue weighted by molar-refractivity contribution is 7.90. The summed E-state index contributed by atoms with van der Waals surface area (Å²) >= 11 is 0. The normalized spacial score (nSPS) is 11.1. The summed E-state index contributed by atoms with van der Waals surface area (Å²) in [5.41, 5.74) is 3.24. The van der Waals surface area contributed by atoms with Gasteiger partial charge >= 0.3 is 0 Å². The third-order valence-electron chi connectivity index (χ3n) is 5.43. The molecule has 1 amide bonds. The second-order valence-corrected chi connectivity index (χ2v) is 9.97. The molecule has 0 aliphatic rings. The SMILES string of the molecule is Cc1ccc(S(=O)(=O)Cc2nc(-c3ccc(C(=O)NCc4cccnc4C#N)cc3)oc2C)cc1. The monoisotopic (exact) mass is 486 g/mol. The molecule has 0 fully saturated rings. The lowest BCUT2D eigenvalue weighted by Gasteiger charge is -2.06. The summed E-state index contributed by atoms with van der Waals surface area (Å²) in [7, 11) is -3.57. The average Bonchev–Trinajstić information content (AvgIpc) is 3.22. The molecule has 4 rings (SSSR count). The van der Waals surface area contributed by atoms with E-state index in [-0.39, 0.29) is 34.7 Å². The first-order valence-electron chi connectivity index (χ1n) is 10.7. The Balaban J connectivity index is 1.46. The van der Waals surface area contributed by atoms with Crippen LogP contribution in [0.1, 0.15) is 38.6 Å². The Hall–Kier alpha value is -4.29. The van der Waals surface area contributed by atoms with E-state index < -0.39 is 9.84 Å². The van der Waals surface area contributed by atoms with Crippen LogP contribution in [0.2, 0.25) is 0 Å². The molecule has 0 saturated carbocycles. The van der Waals surface area contributed by atoms with Crippen molar-refractivity contribution in [1.82, 2.24) is 15.3 Å². The van der Waals surface area contributed by atoms with Crippen molar-refractivity contribution in [2.24, 2.45) is 0 Å². The number of aromatic nitrogens is 2. The molecular weight excluding hydrogens is 464 g/mol. The largest absolute Gasteiger partial charge is 0.441 e. The molecule has 9 heteroatoms. The van der Waals surface area contributed by atoms with Crippen LogP contribution in [0.4, 0.5) is 0 Å². The molecule has 0 saturated heterocycles. The van der Waals surface area contributed by atoms with Crippen molar-refractivity contribution in [3.8, 4) is 17.5 Å². The van der Waals surface area contributed by atoms with Gasteiger partial charge in [0.25, 0.3) is 5.91 Å². The second kappa shape index (κ2) is 9.91. The zero-order valence-electron chi connectivity index (χ0n) is 19.1. The number of carbonyl (C=O) groups excluding carboxylic acids is 1. The average molecular weight is 487 g/mol. The minimum atomic E-state index is -3.57. The molecule has 176 valence electrons. The van der Waals surface area contributed by atoms with Crippen molar-refractivity contribution >= 4 is 15.7 Å². The van der Waals surface area contributed by atoms with E-state index in [1.54, 1.807) is 67.6 Å². The number of nitrogens with one attached hydrogen (secondary N) is 1. The van der Waals surface area contributed by atoms with Gasteiger partial charge in [-0.3, -0.25) is 4.79 Å². The molecule has 35 heavy (non-hydrogen) atoms. The zero-order valence-corrected chi connectivity index (χ0v) is 20.0. The third-order valence-corrected chi connectivity index (χ3v) is 7.07. The minimum Gasteiger partial charge on any atom is -0.441 e. The Labute approximate surface area is 203 Å². The number of benzene rings is 2. The van der Waals surface area contributed by atoms with E-state index in [2.05, 4.69) is 15.3 Å². The van der Waals surface area contributed by atoms with E-state index in [0.29, 0.717) is 28.1 Å². The Morgan fingerprint density at radius 3 is 2.46 bits per heavy atom. The van der Waals surface area contributed by atoms with E-state index in [1.807, 2.05) is 13.0 Å².